The van der Waals surface area contributed by atoms with Crippen molar-refractivity contribution in [3.63, 3.8) is 0 Å². The van der Waals surface area contributed by atoms with Crippen LogP contribution in [0.25, 0.3) is 0 Å². The number of nitrogen functional groups attached to an aromatic ring is 1. The van der Waals surface area contributed by atoms with E-state index in [2.05, 4.69) is 10.0 Å². The molecule has 0 bridgehead atoms. The van der Waals surface area contributed by atoms with Crippen LogP contribution in [0.1, 0.15) is 13.8 Å². The van der Waals surface area contributed by atoms with Gasteiger partial charge in [0.2, 0.25) is 15.9 Å². The van der Waals surface area contributed by atoms with Crippen LogP contribution >= 0.6 is 0 Å². The highest BCUT2D eigenvalue weighted by Crippen LogP contribution is 2.23. The van der Waals surface area contributed by atoms with Gasteiger partial charge in [-0.25, -0.2) is 13.1 Å². The summed E-state index contributed by atoms with van der Waals surface area (Å²) in [5.41, 5.74) is 6.31. The lowest BCUT2D eigenvalue weighted by Gasteiger charge is -2.20. The summed E-state index contributed by atoms with van der Waals surface area (Å²) in [5.74, 6) is -0.0929. The standard InChI is InChI=1S/C13H22N4O3S/c1-4-17(5-2)13(18)9-16-11-7-6-10(14)8-12(11)21(19,20)15-3/h6-8,15-16H,4-5,9,14H2,1-3H3. The molecule has 7 nitrogen and oxygen atoms in total. The highest BCUT2D eigenvalue weighted by Gasteiger charge is 2.18. The molecular weight excluding hydrogens is 292 g/mol. The topological polar surface area (TPSA) is 105 Å². The molecule has 0 aliphatic rings. The lowest BCUT2D eigenvalue weighted by Crippen LogP contribution is -2.35. The van der Waals surface area contributed by atoms with Gasteiger partial charge in [-0.2, -0.15) is 0 Å². The first-order valence-corrected chi connectivity index (χ1v) is 8.18. The Labute approximate surface area is 125 Å². The number of nitrogens with zero attached hydrogens (tertiary/aromatic N) is 1. The van der Waals surface area contributed by atoms with Crippen LogP contribution in [0.3, 0.4) is 0 Å². The maximum atomic E-state index is 12.0. The molecule has 0 aromatic heterocycles. The van der Waals surface area contributed by atoms with Crippen molar-refractivity contribution < 1.29 is 13.2 Å². The molecule has 0 aliphatic carbocycles. The van der Waals surface area contributed by atoms with Crippen molar-refractivity contribution in [3.8, 4) is 0 Å². The molecule has 0 unspecified atom stereocenters. The Bertz CT molecular complexity index is 597. The molecule has 1 amide bonds. The van der Waals surface area contributed by atoms with E-state index in [9.17, 15) is 13.2 Å². The van der Waals surface area contributed by atoms with Gasteiger partial charge in [-0.1, -0.05) is 0 Å². The van der Waals surface area contributed by atoms with E-state index < -0.39 is 10.0 Å². The van der Waals surface area contributed by atoms with Crippen molar-refractivity contribution in [1.82, 2.24) is 9.62 Å². The first-order valence-electron chi connectivity index (χ1n) is 6.70. The smallest absolute Gasteiger partial charge is 0.242 e. The Morgan fingerprint density at radius 1 is 1.29 bits per heavy atom. The van der Waals surface area contributed by atoms with E-state index in [4.69, 9.17) is 5.73 Å². The second kappa shape index (κ2) is 7.28. The molecule has 0 aliphatic heterocycles. The van der Waals surface area contributed by atoms with Gasteiger partial charge in [-0.3, -0.25) is 4.79 Å². The first-order chi connectivity index (χ1) is 9.85. The molecule has 118 valence electrons. The second-order valence-electron chi connectivity index (χ2n) is 4.38. The van der Waals surface area contributed by atoms with E-state index >= 15 is 0 Å². The van der Waals surface area contributed by atoms with Crippen molar-refractivity contribution >= 4 is 27.3 Å². The van der Waals surface area contributed by atoms with Crippen LogP contribution in [0.5, 0.6) is 0 Å². The molecule has 0 atom stereocenters. The van der Waals surface area contributed by atoms with Crippen molar-refractivity contribution in [2.45, 2.75) is 18.7 Å². The lowest BCUT2D eigenvalue weighted by atomic mass is 10.3. The van der Waals surface area contributed by atoms with E-state index in [0.717, 1.165) is 0 Å². The van der Waals surface area contributed by atoms with Crippen molar-refractivity contribution in [1.29, 1.82) is 0 Å². The van der Waals surface area contributed by atoms with Crippen LogP contribution in [-0.2, 0) is 14.8 Å². The minimum Gasteiger partial charge on any atom is -0.399 e. The van der Waals surface area contributed by atoms with E-state index in [1.165, 1.54) is 13.1 Å². The Kier molecular flexibility index (Phi) is 5.98. The average Bonchev–Trinajstić information content (AvgIpc) is 2.47. The zero-order valence-corrected chi connectivity index (χ0v) is 13.3. The highest BCUT2D eigenvalue weighted by atomic mass is 32.2. The number of nitrogens with two attached hydrogens (primary N) is 1. The van der Waals surface area contributed by atoms with Gasteiger partial charge in [0.05, 0.1) is 12.2 Å². The second-order valence-corrected chi connectivity index (χ2v) is 6.24. The number of hydrogen-bond donors (Lipinski definition) is 3. The Hall–Kier alpha value is -1.80. The minimum atomic E-state index is -3.65. The molecule has 0 saturated heterocycles. The van der Waals surface area contributed by atoms with Gasteiger partial charge in [0.25, 0.3) is 0 Å². The predicted molar refractivity (Wildman–Crippen MR) is 83.5 cm³/mol. The molecule has 0 fully saturated rings. The number of anilines is 2. The predicted octanol–water partition coefficient (Wildman–Crippen LogP) is 0.457. The van der Waals surface area contributed by atoms with Crippen LogP contribution in [-0.4, -0.2) is 45.9 Å². The van der Waals surface area contributed by atoms with Gasteiger partial charge in [0.1, 0.15) is 4.90 Å². The third kappa shape index (κ3) is 4.33. The van der Waals surface area contributed by atoms with Gasteiger partial charge in [-0.15, -0.1) is 0 Å². The van der Waals surface area contributed by atoms with Crippen LogP contribution < -0.4 is 15.8 Å². The van der Waals surface area contributed by atoms with Crippen LogP contribution in [0, 0.1) is 0 Å². The first kappa shape index (κ1) is 17.3. The molecule has 1 rings (SSSR count). The molecule has 1 aromatic carbocycles. The van der Waals surface area contributed by atoms with Crippen LogP contribution in [0.2, 0.25) is 0 Å². The van der Waals surface area contributed by atoms with Gasteiger partial charge >= 0.3 is 0 Å². The number of likely N-dealkylation sites (N-methyl/N-ethyl adjacent to an activating group) is 1. The Morgan fingerprint density at radius 3 is 2.43 bits per heavy atom. The number of carbonyl (C=O) groups is 1. The molecule has 0 heterocycles. The maximum Gasteiger partial charge on any atom is 0.242 e. The number of rotatable bonds is 7. The quantitative estimate of drug-likeness (QED) is 0.634. The molecule has 21 heavy (non-hydrogen) atoms. The van der Waals surface area contributed by atoms with Crippen LogP contribution in [0.15, 0.2) is 23.1 Å². The summed E-state index contributed by atoms with van der Waals surface area (Å²) in [6.07, 6.45) is 0. The third-order valence-corrected chi connectivity index (χ3v) is 4.56. The maximum absolute atomic E-state index is 12.0. The van der Waals surface area contributed by atoms with Gasteiger partial charge in [-0.05, 0) is 39.1 Å². The fraction of sp³-hybridized carbons (Fsp3) is 0.462. The molecule has 8 heteroatoms. The number of sulfonamides is 1. The number of carbonyl (C=O) groups excluding carboxylic acids is 1. The Balaban J connectivity index is 2.97. The van der Waals surface area contributed by atoms with E-state index in [1.807, 2.05) is 13.8 Å². The fourth-order valence-corrected chi connectivity index (χ4v) is 2.82. The van der Waals surface area contributed by atoms with E-state index in [0.29, 0.717) is 24.5 Å². The fourth-order valence-electron chi connectivity index (χ4n) is 1.88. The van der Waals surface area contributed by atoms with Gasteiger partial charge in [0.15, 0.2) is 0 Å². The number of nitrogens with one attached hydrogen (secondary N) is 2. The van der Waals surface area contributed by atoms with Crippen molar-refractivity contribution in [2.24, 2.45) is 0 Å². The number of hydrogen-bond acceptors (Lipinski definition) is 5. The third-order valence-electron chi connectivity index (χ3n) is 3.11. The molecule has 4 N–H and O–H groups in total. The number of amides is 1. The largest absolute Gasteiger partial charge is 0.399 e. The van der Waals surface area contributed by atoms with Gasteiger partial charge in [0, 0.05) is 18.8 Å². The monoisotopic (exact) mass is 314 g/mol. The SMILES string of the molecule is CCN(CC)C(=O)CNc1ccc(N)cc1S(=O)(=O)NC. The van der Waals surface area contributed by atoms with Gasteiger partial charge < -0.3 is 16.0 Å². The summed E-state index contributed by atoms with van der Waals surface area (Å²) >= 11 is 0. The average molecular weight is 314 g/mol. The molecule has 0 spiro atoms. The van der Waals surface area contributed by atoms with Crippen molar-refractivity contribution in [3.05, 3.63) is 18.2 Å². The molecule has 1 aromatic rings. The minimum absolute atomic E-state index is 0.0253. The summed E-state index contributed by atoms with van der Waals surface area (Å²) in [6.45, 7) is 5.03. The van der Waals surface area contributed by atoms with E-state index in [-0.39, 0.29) is 17.3 Å². The lowest BCUT2D eigenvalue weighted by molar-refractivity contribution is -0.128. The van der Waals surface area contributed by atoms with Crippen LogP contribution in [0.4, 0.5) is 11.4 Å². The highest BCUT2D eigenvalue weighted by molar-refractivity contribution is 7.89. The summed E-state index contributed by atoms with van der Waals surface area (Å²) in [5, 5.41) is 2.86. The summed E-state index contributed by atoms with van der Waals surface area (Å²) in [4.78, 5) is 13.6. The van der Waals surface area contributed by atoms with Crippen molar-refractivity contribution in [2.75, 3.05) is 37.7 Å². The molecular formula is C13H22N4O3S. The summed E-state index contributed by atoms with van der Waals surface area (Å²) in [7, 11) is -2.33. The molecule has 0 saturated carbocycles. The summed E-state index contributed by atoms with van der Waals surface area (Å²) < 4.78 is 26.2. The van der Waals surface area contributed by atoms with E-state index in [1.54, 1.807) is 17.0 Å². The normalized spacial score (nSPS) is 11.2. The Morgan fingerprint density at radius 2 is 1.90 bits per heavy atom. The molecule has 0 radical (unpaired) electrons. The zero-order chi connectivity index (χ0) is 16.0. The number of benzene rings is 1. The summed E-state index contributed by atoms with van der Waals surface area (Å²) in [6, 6.07) is 4.49. The zero-order valence-electron chi connectivity index (χ0n) is 12.5.